The molecule has 0 spiro atoms. The highest BCUT2D eigenvalue weighted by atomic mass is 19.1. The Labute approximate surface area is 222 Å². The van der Waals surface area contributed by atoms with Gasteiger partial charge in [0.1, 0.15) is 26.4 Å². The molecule has 0 fully saturated rings. The molecule has 0 aliphatic carbocycles. The van der Waals surface area contributed by atoms with Gasteiger partial charge in [-0.3, -0.25) is 4.79 Å². The standard InChI is InChI=1S/C29H33FO8/c1-18(2)26(31)36-14-12-35-25-17-21(9-11-24(25)34-13-15-37-28(33)29(5,6)7)20-8-10-23(22(30)16-20)38-27(32)19(3)4/h8-11,16-17H,1,3,12-15H2,2,4-7H3. The predicted octanol–water partition coefficient (Wildman–Crippen LogP) is 5.44. The molecule has 0 aromatic heterocycles. The van der Waals surface area contributed by atoms with E-state index in [2.05, 4.69) is 13.2 Å². The first-order valence-electron chi connectivity index (χ1n) is 11.9. The predicted molar refractivity (Wildman–Crippen MR) is 139 cm³/mol. The van der Waals surface area contributed by atoms with Crippen molar-refractivity contribution < 1.29 is 42.5 Å². The summed E-state index contributed by atoms with van der Waals surface area (Å²) in [6.07, 6.45) is 0. The highest BCUT2D eigenvalue weighted by Crippen LogP contribution is 2.34. The van der Waals surface area contributed by atoms with Crippen molar-refractivity contribution in [2.75, 3.05) is 26.4 Å². The lowest BCUT2D eigenvalue weighted by atomic mass is 9.97. The molecule has 0 N–H and O–H groups in total. The van der Waals surface area contributed by atoms with Crippen LogP contribution in [0.25, 0.3) is 11.1 Å². The van der Waals surface area contributed by atoms with Crippen molar-refractivity contribution in [1.82, 2.24) is 0 Å². The van der Waals surface area contributed by atoms with Gasteiger partial charge in [0.25, 0.3) is 0 Å². The van der Waals surface area contributed by atoms with Crippen molar-refractivity contribution in [2.24, 2.45) is 5.41 Å². The number of rotatable bonds is 12. The third-order valence-corrected chi connectivity index (χ3v) is 4.87. The van der Waals surface area contributed by atoms with Gasteiger partial charge in [0.15, 0.2) is 23.1 Å². The molecule has 0 atom stereocenters. The second-order valence-corrected chi connectivity index (χ2v) is 9.48. The lowest BCUT2D eigenvalue weighted by Crippen LogP contribution is -2.24. The Kier molecular flexibility index (Phi) is 10.6. The number of esters is 3. The van der Waals surface area contributed by atoms with E-state index in [0.29, 0.717) is 22.6 Å². The van der Waals surface area contributed by atoms with Gasteiger partial charge in [-0.1, -0.05) is 25.3 Å². The van der Waals surface area contributed by atoms with E-state index in [4.69, 9.17) is 23.7 Å². The van der Waals surface area contributed by atoms with Gasteiger partial charge in [0.2, 0.25) is 0 Å². The Bertz CT molecular complexity index is 1210. The molecule has 2 aromatic carbocycles. The summed E-state index contributed by atoms with van der Waals surface area (Å²) < 4.78 is 41.4. The fourth-order valence-corrected chi connectivity index (χ4v) is 2.78. The van der Waals surface area contributed by atoms with Crippen molar-refractivity contribution in [1.29, 1.82) is 0 Å². The van der Waals surface area contributed by atoms with Crippen LogP contribution in [0.2, 0.25) is 0 Å². The molecule has 2 rings (SSSR count). The molecule has 204 valence electrons. The van der Waals surface area contributed by atoms with E-state index in [9.17, 15) is 18.8 Å². The van der Waals surface area contributed by atoms with Crippen molar-refractivity contribution >= 4 is 17.9 Å². The summed E-state index contributed by atoms with van der Waals surface area (Å²) in [5, 5.41) is 0. The molecule has 2 aromatic rings. The molecule has 8 nitrogen and oxygen atoms in total. The number of hydrogen-bond acceptors (Lipinski definition) is 8. The van der Waals surface area contributed by atoms with E-state index in [-0.39, 0.29) is 49.3 Å². The molecular weight excluding hydrogens is 495 g/mol. The summed E-state index contributed by atoms with van der Waals surface area (Å²) in [5.74, 6) is -1.92. The third-order valence-electron chi connectivity index (χ3n) is 4.87. The van der Waals surface area contributed by atoms with Crippen LogP contribution in [-0.4, -0.2) is 44.3 Å². The first-order chi connectivity index (χ1) is 17.8. The topological polar surface area (TPSA) is 97.4 Å². The number of carbonyl (C=O) groups is 3. The molecule has 0 bridgehead atoms. The first kappa shape index (κ1) is 30.1. The van der Waals surface area contributed by atoms with Crippen LogP contribution in [0.5, 0.6) is 17.2 Å². The quantitative estimate of drug-likeness (QED) is 0.156. The van der Waals surface area contributed by atoms with E-state index in [1.54, 1.807) is 45.0 Å². The van der Waals surface area contributed by atoms with Gasteiger partial charge in [0, 0.05) is 11.1 Å². The highest BCUT2D eigenvalue weighted by molar-refractivity contribution is 5.89. The van der Waals surface area contributed by atoms with Gasteiger partial charge in [-0.2, -0.15) is 0 Å². The number of carbonyl (C=O) groups excluding carboxylic acids is 3. The van der Waals surface area contributed by atoms with E-state index in [0.717, 1.165) is 0 Å². The molecule has 0 heterocycles. The molecular formula is C29H33FO8. The van der Waals surface area contributed by atoms with Crippen LogP contribution in [0.15, 0.2) is 60.7 Å². The summed E-state index contributed by atoms with van der Waals surface area (Å²) in [5.41, 5.74) is 0.849. The molecule has 9 heteroatoms. The van der Waals surface area contributed by atoms with Crippen LogP contribution in [0, 0.1) is 11.2 Å². The SMILES string of the molecule is C=C(C)C(=O)OCCOc1cc(-c2ccc(OC(=O)C(=C)C)c(F)c2)ccc1OCCOC(=O)C(C)(C)C. The minimum absolute atomic E-state index is 0.0159. The van der Waals surface area contributed by atoms with Crippen molar-refractivity contribution in [2.45, 2.75) is 34.6 Å². The first-order valence-corrected chi connectivity index (χ1v) is 11.9. The zero-order chi connectivity index (χ0) is 28.5. The zero-order valence-corrected chi connectivity index (χ0v) is 22.4. The average Bonchev–Trinajstić information content (AvgIpc) is 2.84. The summed E-state index contributed by atoms with van der Waals surface area (Å²) >= 11 is 0. The second kappa shape index (κ2) is 13.4. The van der Waals surface area contributed by atoms with Crippen LogP contribution in [-0.2, 0) is 23.9 Å². The number of halogens is 1. The van der Waals surface area contributed by atoms with Crippen LogP contribution in [0.3, 0.4) is 0 Å². The maximum atomic E-state index is 14.6. The van der Waals surface area contributed by atoms with Gasteiger partial charge in [0.05, 0.1) is 5.41 Å². The fraction of sp³-hybridized carbons (Fsp3) is 0.345. The molecule has 0 amide bonds. The maximum absolute atomic E-state index is 14.6. The van der Waals surface area contributed by atoms with Gasteiger partial charge < -0.3 is 23.7 Å². The molecule has 0 aliphatic heterocycles. The van der Waals surface area contributed by atoms with Gasteiger partial charge in [-0.05, 0) is 70.0 Å². The summed E-state index contributed by atoms with van der Waals surface area (Å²) in [6.45, 7) is 15.3. The Morgan fingerprint density at radius 2 is 1.26 bits per heavy atom. The molecule has 0 saturated heterocycles. The van der Waals surface area contributed by atoms with E-state index >= 15 is 0 Å². The molecule has 0 unspecified atom stereocenters. The van der Waals surface area contributed by atoms with Crippen LogP contribution in [0.1, 0.15) is 34.6 Å². The highest BCUT2D eigenvalue weighted by Gasteiger charge is 2.23. The molecule has 0 radical (unpaired) electrons. The largest absolute Gasteiger partial charge is 0.486 e. The van der Waals surface area contributed by atoms with Crippen molar-refractivity contribution in [3.05, 3.63) is 66.5 Å². The smallest absolute Gasteiger partial charge is 0.338 e. The molecule has 0 aliphatic rings. The minimum Gasteiger partial charge on any atom is -0.486 e. The van der Waals surface area contributed by atoms with E-state index in [1.165, 1.54) is 26.0 Å². The fourth-order valence-electron chi connectivity index (χ4n) is 2.78. The van der Waals surface area contributed by atoms with E-state index < -0.39 is 23.2 Å². The number of ether oxygens (including phenoxy) is 5. The number of hydrogen-bond donors (Lipinski definition) is 0. The summed E-state index contributed by atoms with van der Waals surface area (Å²) in [6, 6.07) is 9.11. The maximum Gasteiger partial charge on any atom is 0.338 e. The summed E-state index contributed by atoms with van der Waals surface area (Å²) in [7, 11) is 0. The zero-order valence-electron chi connectivity index (χ0n) is 22.4. The van der Waals surface area contributed by atoms with Crippen LogP contribution in [0.4, 0.5) is 4.39 Å². The van der Waals surface area contributed by atoms with Gasteiger partial charge in [-0.25, -0.2) is 14.0 Å². The monoisotopic (exact) mass is 528 g/mol. The summed E-state index contributed by atoms with van der Waals surface area (Å²) in [4.78, 5) is 35.3. The average molecular weight is 529 g/mol. The van der Waals surface area contributed by atoms with Crippen LogP contribution < -0.4 is 14.2 Å². The Hall–Kier alpha value is -4.14. The number of benzene rings is 2. The van der Waals surface area contributed by atoms with Crippen molar-refractivity contribution in [3.63, 3.8) is 0 Å². The second-order valence-electron chi connectivity index (χ2n) is 9.48. The third kappa shape index (κ3) is 9.06. The Balaban J connectivity index is 2.19. The lowest BCUT2D eigenvalue weighted by molar-refractivity contribution is -0.153. The normalized spacial score (nSPS) is 10.8. The minimum atomic E-state index is -0.729. The Morgan fingerprint density at radius 1 is 0.737 bits per heavy atom. The van der Waals surface area contributed by atoms with Gasteiger partial charge >= 0.3 is 17.9 Å². The van der Waals surface area contributed by atoms with Crippen molar-refractivity contribution in [3.8, 4) is 28.4 Å². The van der Waals surface area contributed by atoms with Gasteiger partial charge in [-0.15, -0.1) is 0 Å². The van der Waals surface area contributed by atoms with Crippen LogP contribution >= 0.6 is 0 Å². The Morgan fingerprint density at radius 3 is 1.82 bits per heavy atom. The lowest BCUT2D eigenvalue weighted by Gasteiger charge is -2.18. The molecule has 0 saturated carbocycles. The molecule has 38 heavy (non-hydrogen) atoms. The van der Waals surface area contributed by atoms with E-state index in [1.807, 2.05) is 0 Å².